The van der Waals surface area contributed by atoms with Crippen LogP contribution in [0.15, 0.2) is 42.5 Å². The summed E-state index contributed by atoms with van der Waals surface area (Å²) in [6.45, 7) is 4.58. The number of amides is 1. The predicted octanol–water partition coefficient (Wildman–Crippen LogP) is 0.951. The number of esters is 1. The number of aryl methyl sites for hydroxylation is 1. The van der Waals surface area contributed by atoms with Gasteiger partial charge in [-0.3, -0.25) is 9.59 Å². The number of aromatic nitrogens is 2. The largest absolute Gasteiger partial charge is 0.507 e. The molecule has 3 rings (SSSR count). The number of ether oxygens (including phenoxy) is 2. The molecule has 2 aromatic carbocycles. The van der Waals surface area contributed by atoms with E-state index in [2.05, 4.69) is 10.3 Å². The Morgan fingerprint density at radius 1 is 1.16 bits per heavy atom. The van der Waals surface area contributed by atoms with Crippen LogP contribution in [0.3, 0.4) is 0 Å². The Hall–Kier alpha value is -3.93. The maximum absolute atomic E-state index is 12.3. The van der Waals surface area contributed by atoms with E-state index >= 15 is 0 Å². The summed E-state index contributed by atoms with van der Waals surface area (Å²) in [5, 5.41) is 22.7. The van der Waals surface area contributed by atoms with Crippen LogP contribution in [0.4, 0.5) is 0 Å². The molecule has 1 aromatic heterocycles. The third kappa shape index (κ3) is 7.54. The van der Waals surface area contributed by atoms with Crippen molar-refractivity contribution in [2.75, 3.05) is 26.3 Å². The fourth-order valence-corrected chi connectivity index (χ4v) is 3.76. The number of rotatable bonds is 13. The van der Waals surface area contributed by atoms with Crippen molar-refractivity contribution in [2.45, 2.75) is 32.4 Å². The first-order chi connectivity index (χ1) is 18.1. The SMILES string of the molecule is Cc1nc(-c2ccc(C[C@H](N)C(=O)OCC(O)CNCCOc3ccc(O)c(C(N)=O)c3)cc2)n(C)c1C. The summed E-state index contributed by atoms with van der Waals surface area (Å²) in [6.07, 6.45) is -0.622. The van der Waals surface area contributed by atoms with Gasteiger partial charge in [0.1, 0.15) is 42.7 Å². The lowest BCUT2D eigenvalue weighted by molar-refractivity contribution is -0.148. The van der Waals surface area contributed by atoms with E-state index < -0.39 is 24.0 Å². The molecule has 0 saturated heterocycles. The summed E-state index contributed by atoms with van der Waals surface area (Å²) in [6, 6.07) is 11.1. The molecule has 0 saturated carbocycles. The number of primary amides is 1. The van der Waals surface area contributed by atoms with Crippen molar-refractivity contribution in [1.29, 1.82) is 0 Å². The van der Waals surface area contributed by atoms with E-state index in [-0.39, 0.29) is 31.1 Å². The molecular weight excluding hydrogens is 490 g/mol. The highest BCUT2D eigenvalue weighted by Gasteiger charge is 2.18. The molecule has 0 radical (unpaired) electrons. The van der Waals surface area contributed by atoms with Gasteiger partial charge in [-0.15, -0.1) is 0 Å². The molecule has 2 atom stereocenters. The molecule has 7 N–H and O–H groups in total. The molecule has 0 aliphatic rings. The Morgan fingerprint density at radius 2 is 1.87 bits per heavy atom. The van der Waals surface area contributed by atoms with Crippen LogP contribution in [0.2, 0.25) is 0 Å². The highest BCUT2D eigenvalue weighted by Crippen LogP contribution is 2.23. The van der Waals surface area contributed by atoms with Crippen molar-refractivity contribution < 1.29 is 29.3 Å². The highest BCUT2D eigenvalue weighted by molar-refractivity contribution is 5.95. The molecule has 1 unspecified atom stereocenters. The Balaban J connectivity index is 1.35. The number of carbonyl (C=O) groups excluding carboxylic acids is 2. The molecule has 11 nitrogen and oxygen atoms in total. The Morgan fingerprint density at radius 3 is 2.50 bits per heavy atom. The lowest BCUT2D eigenvalue weighted by atomic mass is 10.0. The zero-order valence-electron chi connectivity index (χ0n) is 21.8. The minimum atomic E-state index is -0.926. The van der Waals surface area contributed by atoms with Crippen LogP contribution in [0, 0.1) is 13.8 Å². The normalized spacial score (nSPS) is 12.7. The van der Waals surface area contributed by atoms with Crippen molar-refractivity contribution in [3.8, 4) is 22.9 Å². The summed E-state index contributed by atoms with van der Waals surface area (Å²) in [5.74, 6) is -0.319. The number of nitrogens with two attached hydrogens (primary N) is 2. The number of aliphatic hydroxyl groups is 1. The van der Waals surface area contributed by atoms with Gasteiger partial charge in [0.2, 0.25) is 0 Å². The first-order valence-electron chi connectivity index (χ1n) is 12.2. The monoisotopic (exact) mass is 525 g/mol. The van der Waals surface area contributed by atoms with Gasteiger partial charge in [0.05, 0.1) is 11.3 Å². The zero-order valence-corrected chi connectivity index (χ0v) is 21.8. The van der Waals surface area contributed by atoms with E-state index in [1.807, 2.05) is 49.7 Å². The average Bonchev–Trinajstić information content (AvgIpc) is 3.15. The second-order valence-corrected chi connectivity index (χ2v) is 9.05. The third-order valence-electron chi connectivity index (χ3n) is 6.17. The van der Waals surface area contributed by atoms with Crippen LogP contribution in [0.1, 0.15) is 27.3 Å². The van der Waals surface area contributed by atoms with Crippen LogP contribution in [-0.2, 0) is 23.0 Å². The van der Waals surface area contributed by atoms with Crippen molar-refractivity contribution in [2.24, 2.45) is 18.5 Å². The summed E-state index contributed by atoms with van der Waals surface area (Å²) in [5.41, 5.74) is 15.1. The number of hydrogen-bond acceptors (Lipinski definition) is 9. The molecule has 204 valence electrons. The van der Waals surface area contributed by atoms with Gasteiger partial charge in [0.15, 0.2) is 0 Å². The molecule has 1 heterocycles. The molecule has 3 aromatic rings. The van der Waals surface area contributed by atoms with Gasteiger partial charge in [0, 0.05) is 31.4 Å². The lowest BCUT2D eigenvalue weighted by Gasteiger charge is -2.15. The number of aliphatic hydroxyl groups excluding tert-OH is 1. The maximum atomic E-state index is 12.3. The van der Waals surface area contributed by atoms with Crippen molar-refractivity contribution in [1.82, 2.24) is 14.9 Å². The van der Waals surface area contributed by atoms with Crippen LogP contribution in [0.25, 0.3) is 11.4 Å². The topological polar surface area (TPSA) is 175 Å². The lowest BCUT2D eigenvalue weighted by Crippen LogP contribution is -2.38. The predicted molar refractivity (Wildman–Crippen MR) is 142 cm³/mol. The minimum absolute atomic E-state index is 0.0301. The quantitative estimate of drug-likeness (QED) is 0.161. The minimum Gasteiger partial charge on any atom is -0.507 e. The average molecular weight is 526 g/mol. The van der Waals surface area contributed by atoms with Crippen molar-refractivity contribution >= 4 is 11.9 Å². The Labute approximate surface area is 221 Å². The number of aromatic hydroxyl groups is 1. The van der Waals surface area contributed by atoms with Gasteiger partial charge in [-0.2, -0.15) is 0 Å². The number of hydrogen-bond donors (Lipinski definition) is 5. The third-order valence-corrected chi connectivity index (χ3v) is 6.17. The molecule has 1 amide bonds. The number of phenols is 1. The number of benzene rings is 2. The van der Waals surface area contributed by atoms with Gasteiger partial charge in [-0.1, -0.05) is 24.3 Å². The fraction of sp³-hybridized carbons (Fsp3) is 0.370. The van der Waals surface area contributed by atoms with Crippen LogP contribution >= 0.6 is 0 Å². The van der Waals surface area contributed by atoms with Gasteiger partial charge in [0.25, 0.3) is 5.91 Å². The standard InChI is InChI=1S/C27H35N5O6/c1-16-17(2)32(3)26(31-16)19-6-4-18(5-7-19)12-23(28)27(36)38-15-20(33)14-30-10-11-37-21-8-9-24(34)22(13-21)25(29)35/h4-9,13,20,23,30,33-34H,10-12,14-15,28H2,1-3H3,(H2,29,35)/t20?,23-/m0/s1. The molecule has 0 aliphatic carbocycles. The second kappa shape index (κ2) is 13.0. The number of nitrogens with zero attached hydrogens (tertiary/aromatic N) is 2. The van der Waals surface area contributed by atoms with E-state index in [1.54, 1.807) is 0 Å². The van der Waals surface area contributed by atoms with Crippen LogP contribution in [0.5, 0.6) is 11.5 Å². The van der Waals surface area contributed by atoms with Gasteiger partial charge < -0.3 is 41.0 Å². The molecular formula is C27H35N5O6. The zero-order chi connectivity index (χ0) is 27.8. The van der Waals surface area contributed by atoms with E-state index in [0.717, 1.165) is 28.3 Å². The maximum Gasteiger partial charge on any atom is 0.323 e. The fourth-order valence-electron chi connectivity index (χ4n) is 3.76. The number of imidazole rings is 1. The highest BCUT2D eigenvalue weighted by atomic mass is 16.5. The van der Waals surface area contributed by atoms with E-state index in [9.17, 15) is 19.8 Å². The Kier molecular flexibility index (Phi) is 9.83. The van der Waals surface area contributed by atoms with Crippen molar-refractivity contribution in [3.63, 3.8) is 0 Å². The molecule has 0 fully saturated rings. The van der Waals surface area contributed by atoms with Crippen molar-refractivity contribution in [3.05, 3.63) is 65.0 Å². The summed E-state index contributed by atoms with van der Waals surface area (Å²) >= 11 is 0. The Bertz CT molecular complexity index is 1260. The van der Waals surface area contributed by atoms with Gasteiger partial charge in [-0.25, -0.2) is 4.98 Å². The number of carbonyl (C=O) groups is 2. The summed E-state index contributed by atoms with van der Waals surface area (Å²) in [7, 11) is 1.97. The molecule has 38 heavy (non-hydrogen) atoms. The summed E-state index contributed by atoms with van der Waals surface area (Å²) < 4.78 is 12.7. The van der Waals surface area contributed by atoms with E-state index in [4.69, 9.17) is 20.9 Å². The molecule has 0 spiro atoms. The molecule has 11 heteroatoms. The van der Waals surface area contributed by atoms with Gasteiger partial charge >= 0.3 is 5.97 Å². The van der Waals surface area contributed by atoms with E-state index in [1.165, 1.54) is 18.2 Å². The van der Waals surface area contributed by atoms with Gasteiger partial charge in [-0.05, 0) is 44.0 Å². The van der Waals surface area contributed by atoms with Crippen LogP contribution in [-0.4, -0.2) is 70.1 Å². The second-order valence-electron chi connectivity index (χ2n) is 9.05. The molecule has 0 aliphatic heterocycles. The van der Waals surface area contributed by atoms with Crippen LogP contribution < -0.4 is 21.5 Å². The smallest absolute Gasteiger partial charge is 0.323 e. The molecule has 0 bridgehead atoms. The number of nitrogens with one attached hydrogen (secondary N) is 1. The first-order valence-corrected chi connectivity index (χ1v) is 12.2. The summed E-state index contributed by atoms with van der Waals surface area (Å²) in [4.78, 5) is 28.2. The van der Waals surface area contributed by atoms with E-state index in [0.29, 0.717) is 18.7 Å². The first kappa shape index (κ1) is 28.6.